The molecule has 3 aromatic carbocycles. The number of carbonyl (C=O) groups is 1. The Morgan fingerprint density at radius 3 is 2.41 bits per heavy atom. The average molecular weight is 458 g/mol. The van der Waals surface area contributed by atoms with Crippen LogP contribution in [0, 0.1) is 12.7 Å². The zero-order chi connectivity index (χ0) is 23.7. The van der Waals surface area contributed by atoms with E-state index in [1.165, 1.54) is 19.2 Å². The van der Waals surface area contributed by atoms with Crippen LogP contribution in [0.5, 0.6) is 11.5 Å². The topological polar surface area (TPSA) is 64.5 Å². The number of fused-ring (bicyclic) bond motifs is 1. The summed E-state index contributed by atoms with van der Waals surface area (Å²) in [7, 11) is 1.41. The second-order valence-corrected chi connectivity index (χ2v) is 8.35. The third-order valence-corrected chi connectivity index (χ3v) is 6.00. The number of halogens is 1. The number of anilines is 1. The second-order valence-electron chi connectivity index (χ2n) is 8.35. The Kier molecular flexibility index (Phi) is 5.84. The van der Waals surface area contributed by atoms with Crippen LogP contribution in [0.3, 0.4) is 0 Å². The molecule has 6 nitrogen and oxygen atoms in total. The normalized spacial score (nSPS) is 15.5. The summed E-state index contributed by atoms with van der Waals surface area (Å²) in [5.41, 5.74) is 3.60. The molecule has 0 unspecified atom stereocenters. The molecule has 4 aromatic rings. The summed E-state index contributed by atoms with van der Waals surface area (Å²) >= 11 is 0. The zero-order valence-electron chi connectivity index (χ0n) is 19.0. The molecule has 34 heavy (non-hydrogen) atoms. The van der Waals surface area contributed by atoms with Crippen LogP contribution >= 0.6 is 0 Å². The van der Waals surface area contributed by atoms with Gasteiger partial charge in [-0.1, -0.05) is 12.1 Å². The summed E-state index contributed by atoms with van der Waals surface area (Å²) in [5.74, 6) is 1.14. The van der Waals surface area contributed by atoms with E-state index in [0.29, 0.717) is 30.4 Å². The molecule has 0 amide bonds. The molecule has 2 heterocycles. The number of ether oxygens (including phenoxy) is 2. The average Bonchev–Trinajstić information content (AvgIpc) is 3.35. The van der Waals surface area contributed by atoms with Crippen molar-refractivity contribution in [2.45, 2.75) is 25.8 Å². The van der Waals surface area contributed by atoms with Gasteiger partial charge in [0.05, 0.1) is 18.3 Å². The Hall–Kier alpha value is -4.00. The van der Waals surface area contributed by atoms with Gasteiger partial charge >= 0.3 is 5.97 Å². The lowest BCUT2D eigenvalue weighted by molar-refractivity contribution is -0.141. The van der Waals surface area contributed by atoms with Crippen LogP contribution in [-0.4, -0.2) is 35.6 Å². The number of benzene rings is 3. The van der Waals surface area contributed by atoms with Crippen molar-refractivity contribution in [3.05, 3.63) is 78.1 Å². The van der Waals surface area contributed by atoms with E-state index in [1.54, 1.807) is 12.1 Å². The van der Waals surface area contributed by atoms with Crippen molar-refractivity contribution in [1.29, 1.82) is 0 Å². The number of esters is 1. The van der Waals surface area contributed by atoms with Crippen molar-refractivity contribution in [2.24, 2.45) is 0 Å². The largest absolute Gasteiger partial charge is 0.467 e. The minimum atomic E-state index is -0.383. The van der Waals surface area contributed by atoms with Crippen molar-refractivity contribution >= 4 is 22.8 Å². The third kappa shape index (κ3) is 4.29. The molecular formula is C27H24FN3O3. The lowest BCUT2D eigenvalue weighted by Gasteiger charge is -2.23. The first kappa shape index (κ1) is 21.8. The molecule has 1 aliphatic heterocycles. The highest BCUT2D eigenvalue weighted by atomic mass is 19.1. The molecule has 0 bridgehead atoms. The van der Waals surface area contributed by atoms with Crippen molar-refractivity contribution < 1.29 is 18.7 Å². The van der Waals surface area contributed by atoms with Gasteiger partial charge in [-0.15, -0.1) is 0 Å². The van der Waals surface area contributed by atoms with Crippen LogP contribution in [0.25, 0.3) is 22.2 Å². The fourth-order valence-electron chi connectivity index (χ4n) is 4.28. The number of aromatic nitrogens is 2. The van der Waals surface area contributed by atoms with E-state index < -0.39 is 0 Å². The molecule has 0 N–H and O–H groups in total. The molecule has 1 fully saturated rings. The SMILES string of the molecule is COC(=O)[C@@H]1CCCN1c1nc(-c2ccc(Oc3ccc(F)cc3)cc2)c2ccc(C)cc2n1. The first-order chi connectivity index (χ1) is 16.5. The quantitative estimate of drug-likeness (QED) is 0.359. The minimum absolute atomic E-state index is 0.269. The number of nitrogens with zero attached hydrogens (tertiary/aromatic N) is 3. The zero-order valence-corrected chi connectivity index (χ0v) is 19.0. The van der Waals surface area contributed by atoms with E-state index in [4.69, 9.17) is 19.4 Å². The molecule has 1 atom stereocenters. The van der Waals surface area contributed by atoms with Gasteiger partial charge in [-0.05, 0) is 79.9 Å². The number of hydrogen-bond acceptors (Lipinski definition) is 6. The van der Waals surface area contributed by atoms with Crippen LogP contribution in [0.4, 0.5) is 10.3 Å². The number of methoxy groups -OCH3 is 1. The summed E-state index contributed by atoms with van der Waals surface area (Å²) in [5, 5.41) is 0.926. The van der Waals surface area contributed by atoms with E-state index in [-0.39, 0.29) is 17.8 Å². The Bertz CT molecular complexity index is 1340. The molecule has 5 rings (SSSR count). The standard InChI is InChI=1S/C27H24FN3O3/c1-17-5-14-22-23(16-17)29-27(31-15-3-4-24(31)26(32)33-2)30-25(22)18-6-10-20(11-7-18)34-21-12-8-19(28)9-13-21/h5-14,16,24H,3-4,15H2,1-2H3/t24-/m0/s1. The van der Waals surface area contributed by atoms with Gasteiger partial charge in [0.1, 0.15) is 23.4 Å². The monoisotopic (exact) mass is 457 g/mol. The number of rotatable bonds is 5. The van der Waals surface area contributed by atoms with Crippen LogP contribution in [-0.2, 0) is 9.53 Å². The molecule has 0 spiro atoms. The van der Waals surface area contributed by atoms with Gasteiger partial charge in [-0.2, -0.15) is 0 Å². The van der Waals surface area contributed by atoms with Crippen LogP contribution in [0.1, 0.15) is 18.4 Å². The maximum absolute atomic E-state index is 13.2. The molecule has 1 saturated heterocycles. The molecule has 1 aliphatic rings. The summed E-state index contributed by atoms with van der Waals surface area (Å²) in [6.45, 7) is 2.72. The first-order valence-corrected chi connectivity index (χ1v) is 11.2. The number of aryl methyl sites for hydroxylation is 1. The van der Waals surface area contributed by atoms with Crippen LogP contribution < -0.4 is 9.64 Å². The van der Waals surface area contributed by atoms with E-state index in [0.717, 1.165) is 34.1 Å². The predicted molar refractivity (Wildman–Crippen MR) is 129 cm³/mol. The van der Waals surface area contributed by atoms with Gasteiger partial charge in [0.25, 0.3) is 0 Å². The molecule has 0 radical (unpaired) electrons. The van der Waals surface area contributed by atoms with Gasteiger partial charge in [-0.25, -0.2) is 19.2 Å². The van der Waals surface area contributed by atoms with Gasteiger partial charge in [0.15, 0.2) is 0 Å². The van der Waals surface area contributed by atoms with Crippen molar-refractivity contribution in [3.63, 3.8) is 0 Å². The second kappa shape index (κ2) is 9.09. The third-order valence-electron chi connectivity index (χ3n) is 6.00. The van der Waals surface area contributed by atoms with Crippen LogP contribution in [0.15, 0.2) is 66.7 Å². The van der Waals surface area contributed by atoms with Gasteiger partial charge in [0.2, 0.25) is 5.95 Å². The minimum Gasteiger partial charge on any atom is -0.467 e. The van der Waals surface area contributed by atoms with Crippen molar-refractivity contribution in [1.82, 2.24) is 9.97 Å². The van der Waals surface area contributed by atoms with Crippen molar-refractivity contribution in [2.75, 3.05) is 18.6 Å². The predicted octanol–water partition coefficient (Wildman–Crippen LogP) is 5.68. The Labute approximate surface area is 197 Å². The highest BCUT2D eigenvalue weighted by Gasteiger charge is 2.33. The highest BCUT2D eigenvalue weighted by Crippen LogP contribution is 2.33. The van der Waals surface area contributed by atoms with Crippen LogP contribution in [0.2, 0.25) is 0 Å². The molecule has 0 aliphatic carbocycles. The van der Waals surface area contributed by atoms with E-state index in [1.807, 2.05) is 54.3 Å². The summed E-state index contributed by atoms with van der Waals surface area (Å²) in [6.07, 6.45) is 1.59. The fraction of sp³-hybridized carbons (Fsp3) is 0.222. The lowest BCUT2D eigenvalue weighted by Crippen LogP contribution is -2.38. The van der Waals surface area contributed by atoms with E-state index >= 15 is 0 Å². The summed E-state index contributed by atoms with van der Waals surface area (Å²) < 4.78 is 24.0. The maximum Gasteiger partial charge on any atom is 0.328 e. The molecule has 1 aromatic heterocycles. The van der Waals surface area contributed by atoms with E-state index in [2.05, 4.69) is 0 Å². The summed E-state index contributed by atoms with van der Waals surface area (Å²) in [4.78, 5) is 24.0. The van der Waals surface area contributed by atoms with Gasteiger partial charge < -0.3 is 14.4 Å². The lowest BCUT2D eigenvalue weighted by atomic mass is 10.0. The Balaban J connectivity index is 1.53. The number of hydrogen-bond donors (Lipinski definition) is 0. The van der Waals surface area contributed by atoms with Crippen molar-refractivity contribution in [3.8, 4) is 22.8 Å². The smallest absolute Gasteiger partial charge is 0.328 e. The first-order valence-electron chi connectivity index (χ1n) is 11.2. The molecule has 0 saturated carbocycles. The van der Waals surface area contributed by atoms with E-state index in [9.17, 15) is 9.18 Å². The summed E-state index contributed by atoms with van der Waals surface area (Å²) in [6, 6.07) is 19.2. The maximum atomic E-state index is 13.2. The number of carbonyl (C=O) groups excluding carboxylic acids is 1. The Morgan fingerprint density at radius 1 is 1.00 bits per heavy atom. The fourth-order valence-corrected chi connectivity index (χ4v) is 4.28. The molecular weight excluding hydrogens is 433 g/mol. The highest BCUT2D eigenvalue weighted by molar-refractivity contribution is 5.94. The Morgan fingerprint density at radius 2 is 1.71 bits per heavy atom. The van der Waals surface area contributed by atoms with Gasteiger partial charge in [-0.3, -0.25) is 0 Å². The molecule has 7 heteroatoms. The molecule has 172 valence electrons. The van der Waals surface area contributed by atoms with Gasteiger partial charge in [0, 0.05) is 17.5 Å².